The highest BCUT2D eigenvalue weighted by atomic mass is 15.3. The Balaban J connectivity index is 2.04. The van der Waals surface area contributed by atoms with E-state index in [-0.39, 0.29) is 0 Å². The molecule has 0 atom stereocenters. The Kier molecular flexibility index (Phi) is 3.33. The second-order valence-corrected chi connectivity index (χ2v) is 6.48. The van der Waals surface area contributed by atoms with Crippen molar-refractivity contribution in [2.45, 2.75) is 64.5 Å². The topological polar surface area (TPSA) is 15.3 Å². The van der Waals surface area contributed by atoms with Gasteiger partial charge in [0, 0.05) is 30.7 Å². The van der Waals surface area contributed by atoms with Crippen molar-refractivity contribution in [1.82, 2.24) is 10.2 Å². The molecule has 16 heavy (non-hydrogen) atoms. The highest BCUT2D eigenvalue weighted by molar-refractivity contribution is 5.01. The van der Waals surface area contributed by atoms with Gasteiger partial charge in [0.15, 0.2) is 0 Å². The minimum absolute atomic E-state index is 0.344. The second kappa shape index (κ2) is 4.30. The number of nitrogens with one attached hydrogen (secondary N) is 1. The first kappa shape index (κ1) is 12.4. The summed E-state index contributed by atoms with van der Waals surface area (Å²) in [4.78, 5) is 2.74. The van der Waals surface area contributed by atoms with Gasteiger partial charge in [-0.3, -0.25) is 4.90 Å². The SMILES string of the molecule is CCC1(CC)CN(CC2CC2)C(C)(C)CN1. The highest BCUT2D eigenvalue weighted by Crippen LogP contribution is 2.35. The fourth-order valence-corrected chi connectivity index (χ4v) is 2.80. The van der Waals surface area contributed by atoms with Gasteiger partial charge in [-0.25, -0.2) is 0 Å². The molecule has 1 saturated heterocycles. The zero-order valence-corrected chi connectivity index (χ0v) is 11.5. The Morgan fingerprint density at radius 3 is 2.31 bits per heavy atom. The van der Waals surface area contributed by atoms with E-state index in [0.29, 0.717) is 11.1 Å². The number of hydrogen-bond donors (Lipinski definition) is 1. The van der Waals surface area contributed by atoms with E-state index in [2.05, 4.69) is 37.9 Å². The van der Waals surface area contributed by atoms with Crippen molar-refractivity contribution < 1.29 is 0 Å². The van der Waals surface area contributed by atoms with Crippen molar-refractivity contribution in [1.29, 1.82) is 0 Å². The van der Waals surface area contributed by atoms with Crippen LogP contribution in [0.5, 0.6) is 0 Å². The van der Waals surface area contributed by atoms with E-state index >= 15 is 0 Å². The van der Waals surface area contributed by atoms with Crippen LogP contribution < -0.4 is 5.32 Å². The van der Waals surface area contributed by atoms with Gasteiger partial charge >= 0.3 is 0 Å². The number of piperazine rings is 1. The van der Waals surface area contributed by atoms with E-state index in [4.69, 9.17) is 0 Å². The maximum atomic E-state index is 3.80. The molecule has 1 N–H and O–H groups in total. The van der Waals surface area contributed by atoms with E-state index in [9.17, 15) is 0 Å². The lowest BCUT2D eigenvalue weighted by Gasteiger charge is -2.52. The van der Waals surface area contributed by atoms with Gasteiger partial charge in [-0.1, -0.05) is 13.8 Å². The van der Waals surface area contributed by atoms with E-state index in [1.807, 2.05) is 0 Å². The van der Waals surface area contributed by atoms with Gasteiger partial charge in [0.25, 0.3) is 0 Å². The lowest BCUT2D eigenvalue weighted by molar-refractivity contribution is 0.0192. The molecule has 0 amide bonds. The summed E-state index contributed by atoms with van der Waals surface area (Å²) in [6.45, 7) is 13.1. The van der Waals surface area contributed by atoms with Crippen LogP contribution in [-0.2, 0) is 0 Å². The van der Waals surface area contributed by atoms with Crippen LogP contribution in [0.2, 0.25) is 0 Å². The average molecular weight is 224 g/mol. The average Bonchev–Trinajstić information content (AvgIpc) is 3.06. The minimum atomic E-state index is 0.344. The maximum absolute atomic E-state index is 3.80. The van der Waals surface area contributed by atoms with Crippen molar-refractivity contribution >= 4 is 0 Å². The van der Waals surface area contributed by atoms with Crippen LogP contribution in [0.25, 0.3) is 0 Å². The Hall–Kier alpha value is -0.0800. The lowest BCUT2D eigenvalue weighted by atomic mass is 9.85. The van der Waals surface area contributed by atoms with E-state index in [0.717, 1.165) is 12.5 Å². The fourth-order valence-electron chi connectivity index (χ4n) is 2.80. The molecule has 0 radical (unpaired) electrons. The molecule has 0 aromatic carbocycles. The van der Waals surface area contributed by atoms with E-state index < -0.39 is 0 Å². The highest BCUT2D eigenvalue weighted by Gasteiger charge is 2.42. The first-order chi connectivity index (χ1) is 7.51. The van der Waals surface area contributed by atoms with Crippen molar-refractivity contribution in [3.05, 3.63) is 0 Å². The largest absolute Gasteiger partial charge is 0.308 e. The van der Waals surface area contributed by atoms with Gasteiger partial charge in [-0.2, -0.15) is 0 Å². The number of hydrogen-bond acceptors (Lipinski definition) is 2. The zero-order chi connectivity index (χ0) is 11.8. The van der Waals surface area contributed by atoms with Gasteiger partial charge in [0.1, 0.15) is 0 Å². The third-order valence-electron chi connectivity index (χ3n) is 4.77. The molecule has 2 rings (SSSR count). The number of rotatable bonds is 4. The van der Waals surface area contributed by atoms with E-state index in [1.165, 1.54) is 38.8 Å². The van der Waals surface area contributed by atoms with Gasteiger partial charge in [-0.15, -0.1) is 0 Å². The smallest absolute Gasteiger partial charge is 0.0304 e. The Labute approximate surface area is 101 Å². The van der Waals surface area contributed by atoms with E-state index in [1.54, 1.807) is 0 Å². The van der Waals surface area contributed by atoms with Gasteiger partial charge in [0.05, 0.1) is 0 Å². The van der Waals surface area contributed by atoms with Crippen LogP contribution in [0, 0.1) is 5.92 Å². The lowest BCUT2D eigenvalue weighted by Crippen LogP contribution is -2.68. The molecule has 0 spiro atoms. The monoisotopic (exact) mass is 224 g/mol. The van der Waals surface area contributed by atoms with Crippen LogP contribution in [0.3, 0.4) is 0 Å². The summed E-state index contributed by atoms with van der Waals surface area (Å²) in [5.74, 6) is 1.00. The molecule has 94 valence electrons. The van der Waals surface area contributed by atoms with Crippen LogP contribution in [0.1, 0.15) is 53.4 Å². The molecule has 1 saturated carbocycles. The Bertz CT molecular complexity index is 239. The van der Waals surface area contributed by atoms with Crippen LogP contribution in [0.4, 0.5) is 0 Å². The molecule has 1 heterocycles. The van der Waals surface area contributed by atoms with Gasteiger partial charge < -0.3 is 5.32 Å². The summed E-state index contributed by atoms with van der Waals surface area (Å²) in [6, 6.07) is 0. The standard InChI is InChI=1S/C14H28N2/c1-5-14(6-2)11-16(9-12-7-8-12)13(3,4)10-15-14/h12,15H,5-11H2,1-4H3. The molecule has 2 aliphatic rings. The first-order valence-corrected chi connectivity index (χ1v) is 7.01. The molecule has 0 aromatic heterocycles. The molecule has 0 unspecified atom stereocenters. The quantitative estimate of drug-likeness (QED) is 0.790. The molecule has 1 aliphatic carbocycles. The van der Waals surface area contributed by atoms with Crippen molar-refractivity contribution in [3.8, 4) is 0 Å². The molecule has 2 fully saturated rings. The van der Waals surface area contributed by atoms with Crippen molar-refractivity contribution in [2.24, 2.45) is 5.92 Å². The molecule has 2 heteroatoms. The molecule has 2 nitrogen and oxygen atoms in total. The summed E-state index contributed by atoms with van der Waals surface area (Å²) in [7, 11) is 0. The van der Waals surface area contributed by atoms with Crippen molar-refractivity contribution in [3.63, 3.8) is 0 Å². The summed E-state index contributed by atoms with van der Waals surface area (Å²) < 4.78 is 0. The number of nitrogens with zero attached hydrogens (tertiary/aromatic N) is 1. The van der Waals surface area contributed by atoms with Gasteiger partial charge in [0.2, 0.25) is 0 Å². The third-order valence-corrected chi connectivity index (χ3v) is 4.77. The summed E-state index contributed by atoms with van der Waals surface area (Å²) in [5.41, 5.74) is 0.723. The predicted molar refractivity (Wildman–Crippen MR) is 69.7 cm³/mol. The summed E-state index contributed by atoms with van der Waals surface area (Å²) in [5, 5.41) is 3.80. The molecular formula is C14H28N2. The normalized spacial score (nSPS) is 29.2. The second-order valence-electron chi connectivity index (χ2n) is 6.48. The molecule has 0 bridgehead atoms. The summed E-state index contributed by atoms with van der Waals surface area (Å²) >= 11 is 0. The Morgan fingerprint density at radius 1 is 1.19 bits per heavy atom. The zero-order valence-electron chi connectivity index (χ0n) is 11.5. The van der Waals surface area contributed by atoms with Crippen LogP contribution in [0.15, 0.2) is 0 Å². The molecular weight excluding hydrogens is 196 g/mol. The third kappa shape index (κ3) is 2.43. The predicted octanol–water partition coefficient (Wildman–Crippen LogP) is 2.64. The summed E-state index contributed by atoms with van der Waals surface area (Å²) in [6.07, 6.45) is 5.43. The fraction of sp³-hybridized carbons (Fsp3) is 1.00. The molecule has 1 aliphatic heterocycles. The minimum Gasteiger partial charge on any atom is -0.308 e. The Morgan fingerprint density at radius 2 is 1.81 bits per heavy atom. The van der Waals surface area contributed by atoms with Crippen LogP contribution >= 0.6 is 0 Å². The first-order valence-electron chi connectivity index (χ1n) is 7.01. The van der Waals surface area contributed by atoms with Crippen LogP contribution in [-0.4, -0.2) is 35.6 Å². The maximum Gasteiger partial charge on any atom is 0.0304 e. The van der Waals surface area contributed by atoms with Gasteiger partial charge in [-0.05, 0) is 45.4 Å². The van der Waals surface area contributed by atoms with Crippen molar-refractivity contribution in [2.75, 3.05) is 19.6 Å². The molecule has 0 aromatic rings.